The predicted octanol–water partition coefficient (Wildman–Crippen LogP) is 2.74. The van der Waals surface area contributed by atoms with Gasteiger partial charge in [0.05, 0.1) is 20.3 Å². The average molecular weight is 319 g/mol. The molecule has 0 fully saturated rings. The SMILES string of the molecule is CCCC(N)c1nc(C(=O)Nc2ccc(OC)c(OC)c2)co1. The Labute approximate surface area is 134 Å². The summed E-state index contributed by atoms with van der Waals surface area (Å²) in [5, 5.41) is 2.73. The van der Waals surface area contributed by atoms with Gasteiger partial charge in [-0.1, -0.05) is 13.3 Å². The van der Waals surface area contributed by atoms with Gasteiger partial charge >= 0.3 is 0 Å². The molecule has 2 aromatic rings. The molecule has 0 radical (unpaired) electrons. The number of hydrogen-bond acceptors (Lipinski definition) is 6. The summed E-state index contributed by atoms with van der Waals surface area (Å²) in [4.78, 5) is 16.4. The maximum Gasteiger partial charge on any atom is 0.277 e. The van der Waals surface area contributed by atoms with Crippen molar-refractivity contribution in [2.45, 2.75) is 25.8 Å². The van der Waals surface area contributed by atoms with Gasteiger partial charge in [-0.3, -0.25) is 4.79 Å². The Morgan fingerprint density at radius 2 is 2.09 bits per heavy atom. The van der Waals surface area contributed by atoms with E-state index in [1.54, 1.807) is 25.3 Å². The lowest BCUT2D eigenvalue weighted by Gasteiger charge is -2.09. The number of carbonyl (C=O) groups excluding carboxylic acids is 1. The number of rotatable bonds is 7. The van der Waals surface area contributed by atoms with E-state index in [4.69, 9.17) is 19.6 Å². The third kappa shape index (κ3) is 4.01. The molecule has 3 N–H and O–H groups in total. The first-order valence-corrected chi connectivity index (χ1v) is 7.33. The maximum absolute atomic E-state index is 12.2. The number of methoxy groups -OCH3 is 2. The van der Waals surface area contributed by atoms with Gasteiger partial charge in [-0.2, -0.15) is 0 Å². The number of ether oxygens (including phenoxy) is 2. The average Bonchev–Trinajstić information content (AvgIpc) is 3.05. The summed E-state index contributed by atoms with van der Waals surface area (Å²) in [6, 6.07) is 4.78. The van der Waals surface area contributed by atoms with Crippen LogP contribution in [0, 0.1) is 0 Å². The van der Waals surface area contributed by atoms with Crippen LogP contribution in [0.15, 0.2) is 28.9 Å². The van der Waals surface area contributed by atoms with Gasteiger partial charge in [0.15, 0.2) is 17.2 Å². The van der Waals surface area contributed by atoms with Gasteiger partial charge in [0.2, 0.25) is 5.89 Å². The van der Waals surface area contributed by atoms with Crippen molar-refractivity contribution in [3.8, 4) is 11.5 Å². The smallest absolute Gasteiger partial charge is 0.277 e. The molecule has 1 unspecified atom stereocenters. The molecule has 7 heteroatoms. The predicted molar refractivity (Wildman–Crippen MR) is 85.8 cm³/mol. The number of oxazole rings is 1. The van der Waals surface area contributed by atoms with Crippen LogP contribution in [-0.4, -0.2) is 25.1 Å². The minimum atomic E-state index is -0.379. The monoisotopic (exact) mass is 319 g/mol. The molecule has 1 atom stereocenters. The van der Waals surface area contributed by atoms with E-state index in [-0.39, 0.29) is 17.6 Å². The molecule has 124 valence electrons. The van der Waals surface area contributed by atoms with Gasteiger partial charge in [0.1, 0.15) is 6.26 Å². The summed E-state index contributed by atoms with van der Waals surface area (Å²) in [6.45, 7) is 2.02. The fraction of sp³-hybridized carbons (Fsp3) is 0.375. The van der Waals surface area contributed by atoms with Crippen LogP contribution in [0.3, 0.4) is 0 Å². The van der Waals surface area contributed by atoms with Gasteiger partial charge < -0.3 is 24.9 Å². The fourth-order valence-electron chi connectivity index (χ4n) is 2.11. The molecule has 0 aliphatic heterocycles. The van der Waals surface area contributed by atoms with E-state index in [0.717, 1.165) is 12.8 Å². The van der Waals surface area contributed by atoms with E-state index in [1.165, 1.54) is 13.4 Å². The molecule has 0 aliphatic rings. The van der Waals surface area contributed by atoms with Crippen molar-refractivity contribution in [1.29, 1.82) is 0 Å². The third-order valence-corrected chi connectivity index (χ3v) is 3.31. The Kier molecular flexibility index (Phi) is 5.59. The lowest BCUT2D eigenvalue weighted by molar-refractivity contribution is 0.102. The second-order valence-corrected chi connectivity index (χ2v) is 4.99. The van der Waals surface area contributed by atoms with Crippen LogP contribution in [0.25, 0.3) is 0 Å². The number of anilines is 1. The summed E-state index contributed by atoms with van der Waals surface area (Å²) >= 11 is 0. The summed E-state index contributed by atoms with van der Waals surface area (Å²) < 4.78 is 15.6. The summed E-state index contributed by atoms with van der Waals surface area (Å²) in [6.07, 6.45) is 2.97. The fourth-order valence-corrected chi connectivity index (χ4v) is 2.11. The summed E-state index contributed by atoms with van der Waals surface area (Å²) in [5.41, 5.74) is 6.67. The van der Waals surface area contributed by atoms with Crippen molar-refractivity contribution in [1.82, 2.24) is 4.98 Å². The van der Waals surface area contributed by atoms with E-state index in [0.29, 0.717) is 23.1 Å². The number of amides is 1. The first kappa shape index (κ1) is 16.8. The Morgan fingerprint density at radius 1 is 1.35 bits per heavy atom. The van der Waals surface area contributed by atoms with Gasteiger partial charge in [0, 0.05) is 11.8 Å². The van der Waals surface area contributed by atoms with Crippen molar-refractivity contribution < 1.29 is 18.7 Å². The minimum absolute atomic E-state index is 0.182. The van der Waals surface area contributed by atoms with E-state index < -0.39 is 0 Å². The Bertz CT molecular complexity index is 669. The van der Waals surface area contributed by atoms with Crippen LogP contribution < -0.4 is 20.5 Å². The summed E-state index contributed by atoms with van der Waals surface area (Å²) in [7, 11) is 3.08. The summed E-state index contributed by atoms with van der Waals surface area (Å²) in [5.74, 6) is 1.09. The van der Waals surface area contributed by atoms with Crippen molar-refractivity contribution in [2.75, 3.05) is 19.5 Å². The van der Waals surface area contributed by atoms with Crippen LogP contribution in [0.1, 0.15) is 42.2 Å². The molecule has 1 heterocycles. The number of nitrogens with two attached hydrogens (primary N) is 1. The third-order valence-electron chi connectivity index (χ3n) is 3.31. The highest BCUT2D eigenvalue weighted by atomic mass is 16.5. The largest absolute Gasteiger partial charge is 0.493 e. The van der Waals surface area contributed by atoms with E-state index in [1.807, 2.05) is 6.92 Å². The maximum atomic E-state index is 12.2. The minimum Gasteiger partial charge on any atom is -0.493 e. The Morgan fingerprint density at radius 3 is 2.74 bits per heavy atom. The zero-order chi connectivity index (χ0) is 16.8. The Hall–Kier alpha value is -2.54. The second-order valence-electron chi connectivity index (χ2n) is 4.99. The van der Waals surface area contributed by atoms with Crippen molar-refractivity contribution >= 4 is 11.6 Å². The standard InChI is InChI=1S/C16H21N3O4/c1-4-5-11(17)16-19-12(9-23-16)15(20)18-10-6-7-13(21-2)14(8-10)22-3/h6-9,11H,4-5,17H2,1-3H3,(H,18,20). The molecule has 1 amide bonds. The van der Waals surface area contributed by atoms with Crippen LogP contribution in [-0.2, 0) is 0 Å². The molecule has 0 saturated carbocycles. The van der Waals surface area contributed by atoms with Crippen LogP contribution in [0.2, 0.25) is 0 Å². The van der Waals surface area contributed by atoms with Crippen molar-refractivity contribution in [3.63, 3.8) is 0 Å². The number of aromatic nitrogens is 1. The van der Waals surface area contributed by atoms with Crippen molar-refractivity contribution in [3.05, 3.63) is 36.0 Å². The number of carbonyl (C=O) groups is 1. The number of benzene rings is 1. The zero-order valence-corrected chi connectivity index (χ0v) is 13.5. The van der Waals surface area contributed by atoms with E-state index in [2.05, 4.69) is 10.3 Å². The first-order chi connectivity index (χ1) is 11.1. The molecule has 0 spiro atoms. The molecule has 1 aromatic carbocycles. The molecule has 0 saturated heterocycles. The topological polar surface area (TPSA) is 99.6 Å². The molecule has 2 rings (SSSR count). The zero-order valence-electron chi connectivity index (χ0n) is 13.5. The van der Waals surface area contributed by atoms with Gasteiger partial charge in [0.25, 0.3) is 5.91 Å². The molecule has 23 heavy (non-hydrogen) atoms. The van der Waals surface area contributed by atoms with Gasteiger partial charge in [-0.15, -0.1) is 0 Å². The molecule has 1 aromatic heterocycles. The number of nitrogens with zero attached hydrogens (tertiary/aromatic N) is 1. The molecular formula is C16H21N3O4. The van der Waals surface area contributed by atoms with Gasteiger partial charge in [-0.05, 0) is 18.6 Å². The lowest BCUT2D eigenvalue weighted by Crippen LogP contribution is -2.14. The normalized spacial score (nSPS) is 11.8. The number of nitrogens with one attached hydrogen (secondary N) is 1. The lowest BCUT2D eigenvalue weighted by atomic mass is 10.2. The quantitative estimate of drug-likeness (QED) is 0.814. The van der Waals surface area contributed by atoms with Gasteiger partial charge in [-0.25, -0.2) is 4.98 Å². The number of hydrogen-bond donors (Lipinski definition) is 2. The first-order valence-electron chi connectivity index (χ1n) is 7.33. The van der Waals surface area contributed by atoms with Crippen LogP contribution in [0.4, 0.5) is 5.69 Å². The van der Waals surface area contributed by atoms with Crippen LogP contribution >= 0.6 is 0 Å². The highest BCUT2D eigenvalue weighted by Crippen LogP contribution is 2.29. The molecule has 7 nitrogen and oxygen atoms in total. The molecule has 0 bridgehead atoms. The molecule has 0 aliphatic carbocycles. The van der Waals surface area contributed by atoms with E-state index in [9.17, 15) is 4.79 Å². The highest BCUT2D eigenvalue weighted by Gasteiger charge is 2.17. The molecular weight excluding hydrogens is 298 g/mol. The van der Waals surface area contributed by atoms with E-state index >= 15 is 0 Å². The van der Waals surface area contributed by atoms with Crippen molar-refractivity contribution in [2.24, 2.45) is 5.73 Å². The highest BCUT2D eigenvalue weighted by molar-refractivity contribution is 6.02. The van der Waals surface area contributed by atoms with Crippen LogP contribution in [0.5, 0.6) is 11.5 Å². The Balaban J connectivity index is 2.10. The second kappa shape index (κ2) is 7.64.